The normalized spacial score (nSPS) is 15.6. The maximum Gasteiger partial charge on any atom is 0.255 e. The van der Waals surface area contributed by atoms with E-state index in [9.17, 15) is 14.4 Å². The largest absolute Gasteiger partial charge is 0.385 e. The minimum absolute atomic E-state index is 0.122. The fourth-order valence-corrected chi connectivity index (χ4v) is 3.48. The zero-order valence-corrected chi connectivity index (χ0v) is 17.1. The quantitative estimate of drug-likeness (QED) is 0.656. The van der Waals surface area contributed by atoms with Crippen molar-refractivity contribution in [3.63, 3.8) is 0 Å². The summed E-state index contributed by atoms with van der Waals surface area (Å²) in [5, 5.41) is 5.70. The molecular weight excluding hydrogens is 382 g/mol. The minimum atomic E-state index is -0.447. The highest BCUT2D eigenvalue weighted by Crippen LogP contribution is 2.21. The van der Waals surface area contributed by atoms with Crippen molar-refractivity contribution in [1.82, 2.24) is 10.2 Å². The first-order chi connectivity index (χ1) is 14.6. The van der Waals surface area contributed by atoms with E-state index in [1.54, 1.807) is 60.5 Å². The van der Waals surface area contributed by atoms with Gasteiger partial charge in [0.1, 0.15) is 6.04 Å². The van der Waals surface area contributed by atoms with Crippen molar-refractivity contribution in [2.75, 3.05) is 32.1 Å². The molecule has 1 aliphatic heterocycles. The fourth-order valence-electron chi connectivity index (χ4n) is 3.48. The van der Waals surface area contributed by atoms with E-state index in [2.05, 4.69) is 10.6 Å². The number of rotatable bonds is 8. The van der Waals surface area contributed by atoms with Crippen molar-refractivity contribution in [3.05, 3.63) is 65.7 Å². The average molecular weight is 409 g/mol. The molecule has 0 radical (unpaired) electrons. The molecule has 1 fully saturated rings. The molecule has 1 atom stereocenters. The number of hydrogen-bond acceptors (Lipinski definition) is 4. The summed E-state index contributed by atoms with van der Waals surface area (Å²) in [4.78, 5) is 39.3. The molecule has 0 spiro atoms. The number of nitrogens with one attached hydrogen (secondary N) is 2. The number of hydrogen-bond donors (Lipinski definition) is 2. The van der Waals surface area contributed by atoms with Crippen LogP contribution in [-0.4, -0.2) is 55.5 Å². The van der Waals surface area contributed by atoms with Crippen molar-refractivity contribution in [2.45, 2.75) is 25.3 Å². The van der Waals surface area contributed by atoms with E-state index < -0.39 is 6.04 Å². The van der Waals surface area contributed by atoms with Crippen LogP contribution in [0.25, 0.3) is 0 Å². The van der Waals surface area contributed by atoms with Gasteiger partial charge in [-0.25, -0.2) is 0 Å². The summed E-state index contributed by atoms with van der Waals surface area (Å²) in [6.45, 7) is 1.67. The molecule has 0 saturated carbocycles. The molecule has 1 heterocycles. The Kier molecular flexibility index (Phi) is 7.57. The second-order valence-corrected chi connectivity index (χ2v) is 7.19. The molecule has 1 saturated heterocycles. The van der Waals surface area contributed by atoms with Crippen LogP contribution in [-0.2, 0) is 9.53 Å². The van der Waals surface area contributed by atoms with Crippen molar-refractivity contribution in [1.29, 1.82) is 0 Å². The maximum absolute atomic E-state index is 12.9. The molecule has 2 N–H and O–H groups in total. The smallest absolute Gasteiger partial charge is 0.255 e. The van der Waals surface area contributed by atoms with E-state index in [-0.39, 0.29) is 17.7 Å². The Morgan fingerprint density at radius 3 is 2.47 bits per heavy atom. The van der Waals surface area contributed by atoms with E-state index in [0.717, 1.165) is 12.8 Å². The Labute approximate surface area is 176 Å². The van der Waals surface area contributed by atoms with Crippen LogP contribution in [0.5, 0.6) is 0 Å². The monoisotopic (exact) mass is 409 g/mol. The summed E-state index contributed by atoms with van der Waals surface area (Å²) in [6, 6.07) is 15.2. The minimum Gasteiger partial charge on any atom is -0.385 e. The Morgan fingerprint density at radius 1 is 1.03 bits per heavy atom. The lowest BCUT2D eigenvalue weighted by Gasteiger charge is -2.24. The average Bonchev–Trinajstić information content (AvgIpc) is 3.27. The molecule has 7 heteroatoms. The summed E-state index contributed by atoms with van der Waals surface area (Å²) in [5.41, 5.74) is 1.66. The summed E-state index contributed by atoms with van der Waals surface area (Å²) >= 11 is 0. The Morgan fingerprint density at radius 2 is 1.77 bits per heavy atom. The molecule has 0 unspecified atom stereocenters. The first-order valence-electron chi connectivity index (χ1n) is 10.1. The molecule has 2 aromatic carbocycles. The highest BCUT2D eigenvalue weighted by atomic mass is 16.5. The van der Waals surface area contributed by atoms with Crippen LogP contribution in [0.3, 0.4) is 0 Å². The highest BCUT2D eigenvalue weighted by Gasteiger charge is 2.34. The lowest BCUT2D eigenvalue weighted by Crippen LogP contribution is -2.46. The number of benzene rings is 2. The molecule has 0 bridgehead atoms. The molecule has 3 amide bonds. The molecule has 0 aliphatic carbocycles. The third-order valence-electron chi connectivity index (χ3n) is 5.07. The second kappa shape index (κ2) is 10.5. The van der Waals surface area contributed by atoms with Crippen molar-refractivity contribution in [2.24, 2.45) is 0 Å². The van der Waals surface area contributed by atoms with E-state index >= 15 is 0 Å². The van der Waals surface area contributed by atoms with Gasteiger partial charge in [0, 0.05) is 43.6 Å². The van der Waals surface area contributed by atoms with Crippen LogP contribution in [0.15, 0.2) is 54.6 Å². The van der Waals surface area contributed by atoms with Crippen molar-refractivity contribution >= 4 is 23.4 Å². The van der Waals surface area contributed by atoms with Crippen LogP contribution >= 0.6 is 0 Å². The van der Waals surface area contributed by atoms with Crippen LogP contribution in [0.4, 0.5) is 5.69 Å². The lowest BCUT2D eigenvalue weighted by atomic mass is 10.1. The second-order valence-electron chi connectivity index (χ2n) is 7.19. The summed E-state index contributed by atoms with van der Waals surface area (Å²) in [6.07, 6.45) is 2.19. The van der Waals surface area contributed by atoms with Gasteiger partial charge < -0.3 is 20.3 Å². The molecule has 1 aliphatic rings. The van der Waals surface area contributed by atoms with E-state index in [0.29, 0.717) is 42.9 Å². The van der Waals surface area contributed by atoms with Gasteiger partial charge in [0.05, 0.1) is 0 Å². The van der Waals surface area contributed by atoms with Gasteiger partial charge in [0.15, 0.2) is 0 Å². The number of methoxy groups -OCH3 is 1. The zero-order valence-electron chi connectivity index (χ0n) is 17.1. The molecule has 0 aromatic heterocycles. The maximum atomic E-state index is 12.9. The van der Waals surface area contributed by atoms with Gasteiger partial charge in [-0.2, -0.15) is 0 Å². The van der Waals surface area contributed by atoms with E-state index in [1.165, 1.54) is 0 Å². The zero-order chi connectivity index (χ0) is 21.3. The number of anilines is 1. The molecule has 2 aromatic rings. The Bertz CT molecular complexity index is 868. The first kappa shape index (κ1) is 21.5. The summed E-state index contributed by atoms with van der Waals surface area (Å²) in [5.74, 6) is -0.506. The Hall–Kier alpha value is -3.19. The van der Waals surface area contributed by atoms with Gasteiger partial charge in [-0.15, -0.1) is 0 Å². The summed E-state index contributed by atoms with van der Waals surface area (Å²) in [7, 11) is 1.62. The predicted octanol–water partition coefficient (Wildman–Crippen LogP) is 2.70. The van der Waals surface area contributed by atoms with Gasteiger partial charge in [-0.3, -0.25) is 14.4 Å². The van der Waals surface area contributed by atoms with Crippen LogP contribution < -0.4 is 10.6 Å². The topological polar surface area (TPSA) is 87.7 Å². The number of nitrogens with zero attached hydrogens (tertiary/aromatic N) is 1. The number of likely N-dealkylation sites (tertiary alicyclic amines) is 1. The lowest BCUT2D eigenvalue weighted by molar-refractivity contribution is -0.124. The first-order valence-corrected chi connectivity index (χ1v) is 10.1. The highest BCUT2D eigenvalue weighted by molar-refractivity contribution is 6.04. The third-order valence-corrected chi connectivity index (χ3v) is 5.07. The number of amides is 3. The number of carbonyl (C=O) groups is 3. The van der Waals surface area contributed by atoms with Gasteiger partial charge in [0.2, 0.25) is 5.91 Å². The van der Waals surface area contributed by atoms with Crippen LogP contribution in [0, 0.1) is 0 Å². The SMILES string of the molecule is COCCCNC(=O)[C@@H]1CCCN1C(=O)c1ccc(NC(=O)c2ccccc2)cc1. The van der Waals surface area contributed by atoms with E-state index in [1.807, 2.05) is 6.07 Å². The molecule has 30 heavy (non-hydrogen) atoms. The van der Waals surface area contributed by atoms with Gasteiger partial charge in [-0.05, 0) is 55.7 Å². The van der Waals surface area contributed by atoms with Gasteiger partial charge >= 0.3 is 0 Å². The van der Waals surface area contributed by atoms with Gasteiger partial charge in [-0.1, -0.05) is 18.2 Å². The third kappa shape index (κ3) is 5.45. The number of carbonyl (C=O) groups excluding carboxylic acids is 3. The molecule has 158 valence electrons. The fraction of sp³-hybridized carbons (Fsp3) is 0.348. The molecule has 7 nitrogen and oxygen atoms in total. The predicted molar refractivity (Wildman–Crippen MR) is 114 cm³/mol. The standard InChI is InChI=1S/C23H27N3O4/c1-30-16-6-14-24-22(28)20-9-5-15-26(20)23(29)18-10-12-19(13-11-18)25-21(27)17-7-3-2-4-8-17/h2-4,7-8,10-13,20H,5-6,9,14-16H2,1H3,(H,24,28)(H,25,27)/t20-/m0/s1. The Balaban J connectivity index is 1.59. The van der Waals surface area contributed by atoms with Gasteiger partial charge in [0.25, 0.3) is 11.8 Å². The molecule has 3 rings (SSSR count). The summed E-state index contributed by atoms with van der Waals surface area (Å²) < 4.78 is 4.98. The van der Waals surface area contributed by atoms with E-state index in [4.69, 9.17) is 4.74 Å². The number of ether oxygens (including phenoxy) is 1. The van der Waals surface area contributed by atoms with Crippen molar-refractivity contribution in [3.8, 4) is 0 Å². The van der Waals surface area contributed by atoms with Crippen LogP contribution in [0.1, 0.15) is 40.0 Å². The van der Waals surface area contributed by atoms with Crippen LogP contribution in [0.2, 0.25) is 0 Å². The molecular formula is C23H27N3O4. The van der Waals surface area contributed by atoms with Crippen molar-refractivity contribution < 1.29 is 19.1 Å².